The van der Waals surface area contributed by atoms with E-state index in [0.717, 1.165) is 17.7 Å². The minimum Gasteiger partial charge on any atom is -0.356 e. The third-order valence-corrected chi connectivity index (χ3v) is 4.72. The maximum atomic E-state index is 12.6. The quantitative estimate of drug-likeness (QED) is 0.430. The van der Waals surface area contributed by atoms with Gasteiger partial charge in [-0.2, -0.15) is 13.2 Å². The number of hydrogen-bond acceptors (Lipinski definition) is 3. The van der Waals surface area contributed by atoms with Crippen LogP contribution in [0.25, 0.3) is 0 Å². The molecule has 2 aromatic carbocycles. The third kappa shape index (κ3) is 4.79. The molecule has 2 aromatic rings. The standard InChI is InChI=1S/C21H21F3N4O2/c1-25-20(26-11-10-14-6-8-15(9-7-14)21(22,23)24)27-12-13-28-18(29)16-4-2-3-5-17(16)19(28)30/h2-9H,10-13H2,1H3,(H2,25,26,27). The fourth-order valence-electron chi connectivity index (χ4n) is 3.13. The highest BCUT2D eigenvalue weighted by Crippen LogP contribution is 2.29. The molecule has 0 spiro atoms. The zero-order valence-corrected chi connectivity index (χ0v) is 16.3. The van der Waals surface area contributed by atoms with Gasteiger partial charge in [0.15, 0.2) is 5.96 Å². The van der Waals surface area contributed by atoms with Gasteiger partial charge in [-0.1, -0.05) is 24.3 Å². The number of imide groups is 1. The Kier molecular flexibility index (Phi) is 6.39. The lowest BCUT2D eigenvalue weighted by Gasteiger charge is -2.16. The summed E-state index contributed by atoms with van der Waals surface area (Å²) in [5.74, 6) is -0.163. The molecule has 0 aromatic heterocycles. The van der Waals surface area contributed by atoms with Gasteiger partial charge in [-0.25, -0.2) is 0 Å². The van der Waals surface area contributed by atoms with Crippen molar-refractivity contribution in [2.45, 2.75) is 12.6 Å². The van der Waals surface area contributed by atoms with E-state index in [-0.39, 0.29) is 18.4 Å². The van der Waals surface area contributed by atoms with E-state index in [1.54, 1.807) is 31.3 Å². The lowest BCUT2D eigenvalue weighted by Crippen LogP contribution is -2.43. The maximum Gasteiger partial charge on any atom is 0.416 e. The van der Waals surface area contributed by atoms with Crippen LogP contribution in [0.2, 0.25) is 0 Å². The number of fused-ring (bicyclic) bond motifs is 1. The number of hydrogen-bond donors (Lipinski definition) is 2. The number of halogens is 3. The van der Waals surface area contributed by atoms with Crippen LogP contribution in [-0.4, -0.2) is 49.4 Å². The first-order chi connectivity index (χ1) is 14.3. The van der Waals surface area contributed by atoms with Gasteiger partial charge < -0.3 is 10.6 Å². The zero-order chi connectivity index (χ0) is 21.7. The molecule has 9 heteroatoms. The van der Waals surface area contributed by atoms with Crippen molar-refractivity contribution in [3.8, 4) is 0 Å². The fraction of sp³-hybridized carbons (Fsp3) is 0.286. The molecular weight excluding hydrogens is 397 g/mol. The lowest BCUT2D eigenvalue weighted by molar-refractivity contribution is -0.137. The Hall–Kier alpha value is -3.36. The molecule has 1 aliphatic heterocycles. The number of nitrogens with zero attached hydrogens (tertiary/aromatic N) is 2. The van der Waals surface area contributed by atoms with Crippen molar-refractivity contribution >= 4 is 17.8 Å². The van der Waals surface area contributed by atoms with Crippen LogP contribution in [0.15, 0.2) is 53.5 Å². The molecule has 30 heavy (non-hydrogen) atoms. The molecule has 0 atom stereocenters. The predicted octanol–water partition coefficient (Wildman–Crippen LogP) is 2.71. The molecule has 0 bridgehead atoms. The van der Waals surface area contributed by atoms with Gasteiger partial charge in [0.05, 0.1) is 16.7 Å². The summed E-state index contributed by atoms with van der Waals surface area (Å²) >= 11 is 0. The van der Waals surface area contributed by atoms with E-state index >= 15 is 0 Å². The van der Waals surface area contributed by atoms with Crippen molar-refractivity contribution in [3.05, 3.63) is 70.8 Å². The van der Waals surface area contributed by atoms with E-state index in [0.29, 0.717) is 36.6 Å². The number of rotatable bonds is 6. The summed E-state index contributed by atoms with van der Waals surface area (Å²) < 4.78 is 37.8. The van der Waals surface area contributed by atoms with Crippen LogP contribution < -0.4 is 10.6 Å². The van der Waals surface area contributed by atoms with Crippen molar-refractivity contribution in [2.75, 3.05) is 26.7 Å². The van der Waals surface area contributed by atoms with E-state index in [1.165, 1.54) is 17.0 Å². The van der Waals surface area contributed by atoms with Gasteiger partial charge in [-0.15, -0.1) is 0 Å². The Bertz CT molecular complexity index is 920. The van der Waals surface area contributed by atoms with Gasteiger partial charge in [0.25, 0.3) is 11.8 Å². The van der Waals surface area contributed by atoms with Crippen LogP contribution in [0, 0.1) is 0 Å². The van der Waals surface area contributed by atoms with Crippen molar-refractivity contribution < 1.29 is 22.8 Å². The average molecular weight is 418 g/mol. The Morgan fingerprint density at radius 3 is 2.03 bits per heavy atom. The van der Waals surface area contributed by atoms with Gasteiger partial charge in [-0.3, -0.25) is 19.5 Å². The molecular formula is C21H21F3N4O2. The summed E-state index contributed by atoms with van der Waals surface area (Å²) in [5, 5.41) is 6.08. The molecule has 0 saturated heterocycles. The van der Waals surface area contributed by atoms with E-state index in [2.05, 4.69) is 15.6 Å². The largest absolute Gasteiger partial charge is 0.416 e. The number of amides is 2. The molecule has 0 fully saturated rings. The molecule has 1 heterocycles. The van der Waals surface area contributed by atoms with Crippen LogP contribution in [0.1, 0.15) is 31.8 Å². The zero-order valence-electron chi connectivity index (χ0n) is 16.3. The monoisotopic (exact) mass is 418 g/mol. The predicted molar refractivity (Wildman–Crippen MR) is 106 cm³/mol. The van der Waals surface area contributed by atoms with Crippen molar-refractivity contribution in [1.29, 1.82) is 0 Å². The SMILES string of the molecule is CN=C(NCCc1ccc(C(F)(F)F)cc1)NCCN1C(=O)c2ccccc2C1=O. The van der Waals surface area contributed by atoms with Gasteiger partial charge >= 0.3 is 6.18 Å². The number of alkyl halides is 3. The molecule has 158 valence electrons. The Balaban J connectivity index is 1.44. The highest BCUT2D eigenvalue weighted by molar-refractivity contribution is 6.21. The van der Waals surface area contributed by atoms with E-state index < -0.39 is 11.7 Å². The number of carbonyl (C=O) groups is 2. The first-order valence-electron chi connectivity index (χ1n) is 9.37. The molecule has 3 rings (SSSR count). The van der Waals surface area contributed by atoms with E-state index in [9.17, 15) is 22.8 Å². The topological polar surface area (TPSA) is 73.8 Å². The molecule has 0 radical (unpaired) electrons. The summed E-state index contributed by atoms with van der Waals surface area (Å²) in [7, 11) is 1.58. The molecule has 0 saturated carbocycles. The van der Waals surface area contributed by atoms with Gasteiger partial charge in [0.1, 0.15) is 0 Å². The van der Waals surface area contributed by atoms with Gasteiger partial charge in [-0.05, 0) is 36.2 Å². The Labute approximate surface area is 171 Å². The number of nitrogens with one attached hydrogen (secondary N) is 2. The molecule has 6 nitrogen and oxygen atoms in total. The fourth-order valence-corrected chi connectivity index (χ4v) is 3.13. The van der Waals surface area contributed by atoms with Gasteiger partial charge in [0, 0.05) is 26.7 Å². The second kappa shape index (κ2) is 8.98. The van der Waals surface area contributed by atoms with E-state index in [1.807, 2.05) is 0 Å². The number of carbonyl (C=O) groups excluding carboxylic acids is 2. The third-order valence-electron chi connectivity index (χ3n) is 4.72. The minimum absolute atomic E-state index is 0.186. The number of guanidine groups is 1. The molecule has 1 aliphatic rings. The minimum atomic E-state index is -4.35. The second-order valence-electron chi connectivity index (χ2n) is 6.68. The molecule has 0 unspecified atom stereocenters. The van der Waals surface area contributed by atoms with Crippen molar-refractivity contribution in [3.63, 3.8) is 0 Å². The maximum absolute atomic E-state index is 12.6. The second-order valence-corrected chi connectivity index (χ2v) is 6.68. The van der Waals surface area contributed by atoms with Crippen LogP contribution in [0.4, 0.5) is 13.2 Å². The highest BCUT2D eigenvalue weighted by Gasteiger charge is 2.34. The Morgan fingerprint density at radius 1 is 0.933 bits per heavy atom. The molecule has 0 aliphatic carbocycles. The number of benzene rings is 2. The Morgan fingerprint density at radius 2 is 1.50 bits per heavy atom. The summed E-state index contributed by atoms with van der Waals surface area (Å²) in [6, 6.07) is 11.7. The van der Waals surface area contributed by atoms with Gasteiger partial charge in [0.2, 0.25) is 0 Å². The first-order valence-corrected chi connectivity index (χ1v) is 9.37. The summed E-state index contributed by atoms with van der Waals surface area (Å²) in [5.41, 5.74) is 0.893. The van der Waals surface area contributed by atoms with Crippen LogP contribution in [-0.2, 0) is 12.6 Å². The average Bonchev–Trinajstić information content (AvgIpc) is 2.97. The molecule has 2 N–H and O–H groups in total. The highest BCUT2D eigenvalue weighted by atomic mass is 19.4. The van der Waals surface area contributed by atoms with Crippen molar-refractivity contribution in [1.82, 2.24) is 15.5 Å². The summed E-state index contributed by atoms with van der Waals surface area (Å²) in [6.07, 6.45) is -3.83. The van der Waals surface area contributed by atoms with Crippen LogP contribution in [0.5, 0.6) is 0 Å². The molecule has 2 amide bonds. The first kappa shape index (κ1) is 21.4. The van der Waals surface area contributed by atoms with Crippen LogP contribution >= 0.6 is 0 Å². The normalized spacial score (nSPS) is 14.1. The summed E-state index contributed by atoms with van der Waals surface area (Å²) in [6.45, 7) is 0.954. The number of aliphatic imine (C=N–C) groups is 1. The van der Waals surface area contributed by atoms with Crippen molar-refractivity contribution in [2.24, 2.45) is 4.99 Å². The smallest absolute Gasteiger partial charge is 0.356 e. The summed E-state index contributed by atoms with van der Waals surface area (Å²) in [4.78, 5) is 29.9. The van der Waals surface area contributed by atoms with E-state index in [4.69, 9.17) is 0 Å². The van der Waals surface area contributed by atoms with Crippen LogP contribution in [0.3, 0.4) is 0 Å². The lowest BCUT2D eigenvalue weighted by atomic mass is 10.1.